The van der Waals surface area contributed by atoms with Gasteiger partial charge < -0.3 is 4.74 Å². The van der Waals surface area contributed by atoms with Gasteiger partial charge in [0.2, 0.25) is 5.90 Å². The molecule has 2 aromatic carbocycles. The van der Waals surface area contributed by atoms with Crippen molar-refractivity contribution in [1.82, 2.24) is 9.13 Å². The maximum absolute atomic E-state index is 12.5. The van der Waals surface area contributed by atoms with E-state index < -0.39 is 11.0 Å². The Morgan fingerprint density at radius 1 is 1.13 bits per heavy atom. The smallest absolute Gasteiger partial charge is 0.328 e. The fourth-order valence-corrected chi connectivity index (χ4v) is 4.01. The molecule has 0 aliphatic carbocycles. The lowest BCUT2D eigenvalue weighted by Crippen LogP contribution is -2.24. The van der Waals surface area contributed by atoms with Crippen molar-refractivity contribution in [1.29, 1.82) is 0 Å². The van der Waals surface area contributed by atoms with Crippen LogP contribution < -0.4 is 9.99 Å². The largest absolute Gasteiger partial charge is 0.476 e. The molecule has 3 rings (SSSR count). The van der Waals surface area contributed by atoms with E-state index in [9.17, 15) is 9.00 Å². The molecule has 0 N–H and O–H groups in total. The number of fused-ring (bicyclic) bond motifs is 1. The molecule has 0 saturated carbocycles. The highest BCUT2D eigenvalue weighted by Gasteiger charge is 2.15. The molecule has 1 heterocycles. The minimum Gasteiger partial charge on any atom is -0.476 e. The van der Waals surface area contributed by atoms with E-state index in [2.05, 4.69) is 16.9 Å². The predicted molar refractivity (Wildman–Crippen MR) is 123 cm³/mol. The lowest BCUT2D eigenvalue weighted by Gasteiger charge is -2.22. The zero-order chi connectivity index (χ0) is 21.8. The van der Waals surface area contributed by atoms with Crippen molar-refractivity contribution in [2.75, 3.05) is 17.2 Å². The first-order valence-electron chi connectivity index (χ1n) is 9.39. The van der Waals surface area contributed by atoms with E-state index in [-0.39, 0.29) is 5.69 Å². The van der Waals surface area contributed by atoms with Crippen molar-refractivity contribution in [2.45, 2.75) is 13.5 Å². The van der Waals surface area contributed by atoms with Gasteiger partial charge in [0, 0.05) is 32.6 Å². The van der Waals surface area contributed by atoms with Crippen molar-refractivity contribution < 1.29 is 8.95 Å². The number of ether oxygens (including phenoxy) is 1. The third-order valence-corrected chi connectivity index (χ3v) is 5.78. The Hall–Kier alpha value is -3.20. The lowest BCUT2D eigenvalue weighted by atomic mass is 10.1. The van der Waals surface area contributed by atoms with E-state index in [0.29, 0.717) is 19.0 Å². The second-order valence-electron chi connectivity index (χ2n) is 6.71. The highest BCUT2D eigenvalue weighted by molar-refractivity contribution is 7.85. The van der Waals surface area contributed by atoms with Crippen LogP contribution >= 0.6 is 0 Å². The van der Waals surface area contributed by atoms with E-state index in [0.717, 1.165) is 27.8 Å². The molecule has 3 aromatic rings. The molecule has 0 aliphatic rings. The number of aromatic nitrogens is 2. The van der Waals surface area contributed by atoms with Crippen molar-refractivity contribution in [3.63, 3.8) is 0 Å². The van der Waals surface area contributed by atoms with Gasteiger partial charge in [-0.25, -0.2) is 9.00 Å². The Bertz CT molecular complexity index is 1180. The second-order valence-corrected chi connectivity index (χ2v) is 8.00. The Labute approximate surface area is 177 Å². The van der Waals surface area contributed by atoms with Crippen molar-refractivity contribution >= 4 is 40.3 Å². The van der Waals surface area contributed by atoms with Crippen molar-refractivity contribution in [3.05, 3.63) is 64.1 Å². The summed E-state index contributed by atoms with van der Waals surface area (Å²) in [5, 5.41) is 7.46. The molecule has 0 aliphatic heterocycles. The second kappa shape index (κ2) is 9.08. The summed E-state index contributed by atoms with van der Waals surface area (Å²) >= 11 is 0. The molecule has 30 heavy (non-hydrogen) atoms. The van der Waals surface area contributed by atoms with Gasteiger partial charge in [0.05, 0.1) is 29.9 Å². The van der Waals surface area contributed by atoms with Gasteiger partial charge in [-0.05, 0) is 42.8 Å². The van der Waals surface area contributed by atoms with E-state index in [1.54, 1.807) is 33.8 Å². The molecule has 0 radical (unpaired) electrons. The summed E-state index contributed by atoms with van der Waals surface area (Å²) in [4.78, 5) is 12.2. The molecule has 1 atom stereocenters. The Morgan fingerprint density at radius 2 is 1.80 bits per heavy atom. The Balaban J connectivity index is 1.91. The molecule has 158 valence electrons. The number of nitrogens with zero attached hydrogens (tertiary/aromatic N) is 5. The summed E-state index contributed by atoms with van der Waals surface area (Å²) in [6, 6.07) is 13.3. The Kier molecular flexibility index (Phi) is 6.51. The minimum absolute atomic E-state index is 0.0947. The SMILES string of the molecule is C=N/N=C(\OCC)c1ccc(CN(c2ccc3c(c2)n(C)c(=O)n3C)S(C)=O)cc1. The van der Waals surface area contributed by atoms with Crippen LogP contribution in [-0.4, -0.2) is 38.8 Å². The Morgan fingerprint density at radius 3 is 2.40 bits per heavy atom. The van der Waals surface area contributed by atoms with E-state index in [1.165, 1.54) is 0 Å². The molecule has 9 heteroatoms. The molecule has 0 saturated heterocycles. The van der Waals surface area contributed by atoms with Gasteiger partial charge >= 0.3 is 5.69 Å². The average Bonchev–Trinajstić information content (AvgIpc) is 2.96. The maximum atomic E-state index is 12.5. The van der Waals surface area contributed by atoms with Crippen LogP contribution in [-0.2, 0) is 36.4 Å². The highest BCUT2D eigenvalue weighted by atomic mass is 32.2. The van der Waals surface area contributed by atoms with Gasteiger partial charge in [0.15, 0.2) is 0 Å². The molecular weight excluding hydrogens is 402 g/mol. The summed E-state index contributed by atoms with van der Waals surface area (Å²) in [5.41, 5.74) is 4.07. The van der Waals surface area contributed by atoms with Crippen LogP contribution in [0.15, 0.2) is 57.5 Å². The number of rotatable bonds is 7. The quantitative estimate of drug-likeness (QED) is 0.330. The van der Waals surface area contributed by atoms with Gasteiger partial charge in [-0.1, -0.05) is 12.1 Å². The summed E-state index contributed by atoms with van der Waals surface area (Å²) in [6.45, 7) is 6.16. The topological polar surface area (TPSA) is 81.2 Å². The fraction of sp³-hybridized carbons (Fsp3) is 0.286. The summed E-state index contributed by atoms with van der Waals surface area (Å²) in [7, 11) is 2.22. The standard InChI is InChI=1S/C21H25N5O3S/c1-6-29-20(23-22-2)16-9-7-15(8-10-16)14-26(30(5)28)17-11-12-18-19(13-17)25(4)21(27)24(18)3/h7-13H,2,6,14H2,1,3-5H3/b23-20-. The molecule has 0 spiro atoms. The fourth-order valence-electron chi connectivity index (χ4n) is 3.27. The van der Waals surface area contributed by atoms with Crippen LogP contribution in [0.5, 0.6) is 0 Å². The van der Waals surface area contributed by atoms with Crippen molar-refractivity contribution in [2.24, 2.45) is 24.3 Å². The zero-order valence-corrected chi connectivity index (χ0v) is 18.3. The first-order valence-corrected chi connectivity index (χ1v) is 10.9. The van der Waals surface area contributed by atoms with E-state index >= 15 is 0 Å². The van der Waals surface area contributed by atoms with Gasteiger partial charge in [-0.15, -0.1) is 5.10 Å². The highest BCUT2D eigenvalue weighted by Crippen LogP contribution is 2.24. The lowest BCUT2D eigenvalue weighted by molar-refractivity contribution is 0.327. The maximum Gasteiger partial charge on any atom is 0.328 e. The summed E-state index contributed by atoms with van der Waals surface area (Å²) in [6.07, 6.45) is 1.64. The number of hydrogen-bond acceptors (Lipinski definition) is 5. The summed E-state index contributed by atoms with van der Waals surface area (Å²) in [5.74, 6) is 0.408. The minimum atomic E-state index is -1.26. The van der Waals surface area contributed by atoms with Crippen LogP contribution in [0.1, 0.15) is 18.1 Å². The average molecular weight is 428 g/mol. The van der Waals surface area contributed by atoms with Crippen LogP contribution in [0.3, 0.4) is 0 Å². The van der Waals surface area contributed by atoms with Crippen LogP contribution in [0, 0.1) is 0 Å². The molecule has 8 nitrogen and oxygen atoms in total. The van der Waals surface area contributed by atoms with E-state index in [4.69, 9.17) is 4.74 Å². The number of hydrogen-bond donors (Lipinski definition) is 0. The molecular formula is C21H25N5O3S. The number of anilines is 1. The monoisotopic (exact) mass is 427 g/mol. The van der Waals surface area contributed by atoms with Crippen LogP contribution in [0.25, 0.3) is 11.0 Å². The number of benzene rings is 2. The van der Waals surface area contributed by atoms with E-state index in [1.807, 2.05) is 49.4 Å². The van der Waals surface area contributed by atoms with Gasteiger partial charge in [-0.3, -0.25) is 13.4 Å². The summed E-state index contributed by atoms with van der Waals surface area (Å²) < 4.78 is 23.0. The van der Waals surface area contributed by atoms with Gasteiger partial charge in [0.25, 0.3) is 0 Å². The molecule has 0 fully saturated rings. The molecule has 0 amide bonds. The van der Waals surface area contributed by atoms with Crippen LogP contribution in [0.4, 0.5) is 5.69 Å². The normalized spacial score (nSPS) is 12.7. The predicted octanol–water partition coefficient (Wildman–Crippen LogP) is 2.58. The van der Waals surface area contributed by atoms with Gasteiger partial charge in [0.1, 0.15) is 11.0 Å². The van der Waals surface area contributed by atoms with Crippen molar-refractivity contribution in [3.8, 4) is 0 Å². The number of imidazole rings is 1. The van der Waals surface area contributed by atoms with Crippen LogP contribution in [0.2, 0.25) is 0 Å². The molecule has 1 aromatic heterocycles. The number of aryl methyl sites for hydroxylation is 2. The third kappa shape index (κ3) is 4.20. The first kappa shape index (κ1) is 21.5. The zero-order valence-electron chi connectivity index (χ0n) is 17.5. The first-order chi connectivity index (χ1) is 14.4. The molecule has 1 unspecified atom stereocenters. The van der Waals surface area contributed by atoms with Gasteiger partial charge in [-0.2, -0.15) is 5.10 Å². The molecule has 0 bridgehead atoms. The third-order valence-electron chi connectivity index (χ3n) is 4.82.